The maximum atomic E-state index is 10.8. The van der Waals surface area contributed by atoms with Crippen LogP contribution in [0.25, 0.3) is 11.1 Å². The van der Waals surface area contributed by atoms with Gasteiger partial charge in [-0.25, -0.2) is 0 Å². The van der Waals surface area contributed by atoms with E-state index in [-0.39, 0.29) is 23.0 Å². The lowest BCUT2D eigenvalue weighted by atomic mass is 9.95. The summed E-state index contributed by atoms with van der Waals surface area (Å²) in [6, 6.07) is 7.13. The van der Waals surface area contributed by atoms with Gasteiger partial charge >= 0.3 is 0 Å². The summed E-state index contributed by atoms with van der Waals surface area (Å²) in [5.41, 5.74) is 2.73. The van der Waals surface area contributed by atoms with E-state index in [1.165, 1.54) is 14.2 Å². The molecule has 1 heterocycles. The Morgan fingerprint density at radius 3 is 2.30 bits per heavy atom. The van der Waals surface area contributed by atoms with Gasteiger partial charge in [-0.1, -0.05) is 12.5 Å². The summed E-state index contributed by atoms with van der Waals surface area (Å²) in [6.07, 6.45) is -3.87. The average molecular weight is 521 g/mol. The highest BCUT2D eigenvalue weighted by molar-refractivity contribution is 5.81. The van der Waals surface area contributed by atoms with Crippen LogP contribution >= 0.6 is 0 Å². The molecular weight excluding hydrogens is 484 g/mol. The number of benzene rings is 2. The van der Waals surface area contributed by atoms with Crippen molar-refractivity contribution in [2.45, 2.75) is 75.3 Å². The van der Waals surface area contributed by atoms with Crippen molar-refractivity contribution < 1.29 is 49.6 Å². The van der Waals surface area contributed by atoms with Gasteiger partial charge in [0.05, 0.1) is 26.9 Å². The van der Waals surface area contributed by atoms with E-state index in [0.29, 0.717) is 48.8 Å². The minimum atomic E-state index is -1.61. The largest absolute Gasteiger partial charge is 0.507 e. The van der Waals surface area contributed by atoms with Crippen LogP contribution < -0.4 is 14.2 Å². The van der Waals surface area contributed by atoms with E-state index >= 15 is 0 Å². The minimum Gasteiger partial charge on any atom is -0.507 e. The highest BCUT2D eigenvalue weighted by atomic mass is 16.7. The van der Waals surface area contributed by atoms with Gasteiger partial charge in [-0.15, -0.1) is 0 Å². The van der Waals surface area contributed by atoms with E-state index in [4.69, 9.17) is 18.9 Å². The lowest BCUT2D eigenvalue weighted by molar-refractivity contribution is -0.277. The van der Waals surface area contributed by atoms with Crippen molar-refractivity contribution in [3.8, 4) is 34.1 Å². The molecule has 0 spiro atoms. The molecule has 0 aromatic heterocycles. The third-order valence-corrected chi connectivity index (χ3v) is 7.11. The first-order valence-corrected chi connectivity index (χ1v) is 12.5. The number of aliphatic hydroxyl groups excluding tert-OH is 5. The van der Waals surface area contributed by atoms with Crippen molar-refractivity contribution in [1.29, 1.82) is 0 Å². The molecule has 2 aromatic carbocycles. The molecule has 1 saturated heterocycles. The van der Waals surface area contributed by atoms with E-state index in [0.717, 1.165) is 12.0 Å². The van der Waals surface area contributed by atoms with Crippen molar-refractivity contribution in [3.63, 3.8) is 0 Å². The van der Waals surface area contributed by atoms with Gasteiger partial charge in [0.15, 0.2) is 11.5 Å². The number of ether oxygens (including phenoxy) is 4. The zero-order valence-corrected chi connectivity index (χ0v) is 21.0. The van der Waals surface area contributed by atoms with Gasteiger partial charge < -0.3 is 49.6 Å². The fourth-order valence-corrected chi connectivity index (χ4v) is 4.99. The third-order valence-electron chi connectivity index (χ3n) is 7.11. The van der Waals surface area contributed by atoms with Crippen LogP contribution in [0.1, 0.15) is 36.8 Å². The average Bonchev–Trinajstić information content (AvgIpc) is 2.91. The fourth-order valence-electron chi connectivity index (χ4n) is 4.99. The second-order valence-corrected chi connectivity index (χ2v) is 9.58. The maximum absolute atomic E-state index is 10.8. The maximum Gasteiger partial charge on any atom is 0.229 e. The highest BCUT2D eigenvalue weighted by Crippen LogP contribution is 2.50. The Morgan fingerprint density at radius 1 is 0.838 bits per heavy atom. The Labute approximate surface area is 215 Å². The van der Waals surface area contributed by atoms with Crippen molar-refractivity contribution in [1.82, 2.24) is 0 Å². The summed E-state index contributed by atoms with van der Waals surface area (Å²) in [5.74, 6) is 0.742. The molecule has 1 fully saturated rings. The van der Waals surface area contributed by atoms with Crippen molar-refractivity contribution in [2.24, 2.45) is 0 Å². The zero-order chi connectivity index (χ0) is 26.7. The number of hydrogen-bond donors (Lipinski definition) is 6. The molecule has 6 atom stereocenters. The molecule has 4 bridgehead atoms. The number of phenols is 1. The standard InChI is InChI=1S/C27H36O10/c1-34-25-18-12-15(5-3-4-6-16(29)9-7-14-8-10-19(30)17(18)11-14)24(26(25)35-2)37-27-23(33)22(32)21(31)20(13-28)36-27/h8,10-12,16,20-23,27-33H,3-7,9,13H2,1-2H3/t16-,20+,21+,22-,23+,27+/m0/s1. The van der Waals surface area contributed by atoms with Gasteiger partial charge in [-0.05, 0) is 61.4 Å². The minimum absolute atomic E-state index is 0.0491. The number of aliphatic hydroxyl groups is 5. The van der Waals surface area contributed by atoms with Crippen molar-refractivity contribution in [2.75, 3.05) is 20.8 Å². The third kappa shape index (κ3) is 5.64. The molecule has 0 radical (unpaired) electrons. The van der Waals surface area contributed by atoms with Crippen LogP contribution in [0.5, 0.6) is 23.0 Å². The second kappa shape index (κ2) is 11.8. The normalized spacial score (nSPS) is 28.4. The van der Waals surface area contributed by atoms with Gasteiger partial charge in [0.25, 0.3) is 0 Å². The Morgan fingerprint density at radius 2 is 1.59 bits per heavy atom. The predicted molar refractivity (Wildman–Crippen MR) is 133 cm³/mol. The molecule has 204 valence electrons. The molecule has 0 amide bonds. The number of fused-ring (bicyclic) bond motifs is 5. The molecular formula is C27H36O10. The first-order chi connectivity index (χ1) is 17.8. The molecule has 0 saturated carbocycles. The number of phenolic OH excluding ortho intramolecular Hbond substituents is 1. The molecule has 2 aromatic rings. The van der Waals surface area contributed by atoms with E-state index in [2.05, 4.69) is 0 Å². The Kier molecular flexibility index (Phi) is 8.79. The quantitative estimate of drug-likeness (QED) is 0.339. The van der Waals surface area contributed by atoms with Crippen LogP contribution in [0.2, 0.25) is 0 Å². The van der Waals surface area contributed by atoms with Crippen LogP contribution in [-0.4, -0.2) is 88.3 Å². The summed E-state index contributed by atoms with van der Waals surface area (Å²) in [4.78, 5) is 0. The van der Waals surface area contributed by atoms with Crippen molar-refractivity contribution >= 4 is 0 Å². The number of aryl methyl sites for hydroxylation is 2. The second-order valence-electron chi connectivity index (χ2n) is 9.58. The first-order valence-electron chi connectivity index (χ1n) is 12.5. The van der Waals surface area contributed by atoms with E-state index in [1.807, 2.05) is 18.2 Å². The van der Waals surface area contributed by atoms with Crippen molar-refractivity contribution in [3.05, 3.63) is 35.4 Å². The molecule has 6 N–H and O–H groups in total. The summed E-state index contributed by atoms with van der Waals surface area (Å²) in [6.45, 7) is -0.588. The summed E-state index contributed by atoms with van der Waals surface area (Å²) in [7, 11) is 2.90. The molecule has 37 heavy (non-hydrogen) atoms. The first kappa shape index (κ1) is 27.4. The summed E-state index contributed by atoms with van der Waals surface area (Å²) < 4.78 is 23.1. The van der Waals surface area contributed by atoms with Gasteiger partial charge in [-0.3, -0.25) is 0 Å². The lowest BCUT2D eigenvalue weighted by Gasteiger charge is -2.40. The van der Waals surface area contributed by atoms with Crippen LogP contribution in [0, 0.1) is 0 Å². The Balaban J connectivity index is 1.84. The molecule has 10 nitrogen and oxygen atoms in total. The molecule has 4 rings (SSSR count). The van der Waals surface area contributed by atoms with E-state index in [9.17, 15) is 30.6 Å². The molecule has 2 aliphatic rings. The van der Waals surface area contributed by atoms with Crippen LogP contribution in [0.3, 0.4) is 0 Å². The molecule has 0 unspecified atom stereocenters. The van der Waals surface area contributed by atoms with Crippen LogP contribution in [-0.2, 0) is 17.6 Å². The topological polar surface area (TPSA) is 158 Å². The number of aromatic hydroxyl groups is 1. The van der Waals surface area contributed by atoms with Gasteiger partial charge in [0, 0.05) is 11.1 Å². The lowest BCUT2D eigenvalue weighted by Crippen LogP contribution is -2.60. The Bertz CT molecular complexity index is 1070. The summed E-state index contributed by atoms with van der Waals surface area (Å²) >= 11 is 0. The number of rotatable bonds is 5. The smallest absolute Gasteiger partial charge is 0.229 e. The predicted octanol–water partition coefficient (Wildman–Crippen LogP) is 1.27. The Hall–Kier alpha value is -2.60. The fraction of sp³-hybridized carbons (Fsp3) is 0.556. The number of methoxy groups -OCH3 is 2. The molecule has 10 heteroatoms. The number of hydrogen-bond acceptors (Lipinski definition) is 10. The van der Waals surface area contributed by atoms with Crippen LogP contribution in [0.4, 0.5) is 0 Å². The van der Waals surface area contributed by atoms with Gasteiger partial charge in [0.2, 0.25) is 12.0 Å². The van der Waals surface area contributed by atoms with Crippen LogP contribution in [0.15, 0.2) is 24.3 Å². The van der Waals surface area contributed by atoms with Gasteiger partial charge in [-0.2, -0.15) is 0 Å². The molecule has 1 aliphatic heterocycles. The molecule has 1 aliphatic carbocycles. The zero-order valence-electron chi connectivity index (χ0n) is 21.0. The van der Waals surface area contributed by atoms with Gasteiger partial charge in [0.1, 0.15) is 30.2 Å². The van der Waals surface area contributed by atoms with E-state index < -0.39 is 43.4 Å². The highest BCUT2D eigenvalue weighted by Gasteiger charge is 2.45. The summed E-state index contributed by atoms with van der Waals surface area (Å²) in [5, 5.41) is 61.7. The van der Waals surface area contributed by atoms with E-state index in [1.54, 1.807) is 6.07 Å². The SMILES string of the molecule is COc1c2cc(c(O[C@H]3O[C@H](CO)[C@@H](O)[C@H](O)[C@H]3O)c1OC)CCCC[C@H](O)CCc1ccc(O)c-2c1. The monoisotopic (exact) mass is 520 g/mol.